The van der Waals surface area contributed by atoms with E-state index in [0.717, 1.165) is 53.3 Å². The molecule has 2 fully saturated rings. The molecule has 3 unspecified atom stereocenters. The summed E-state index contributed by atoms with van der Waals surface area (Å²) in [5.74, 6) is 2.17. The number of nitrogens with one attached hydrogen (secondary N) is 4. The van der Waals surface area contributed by atoms with E-state index in [1.165, 1.54) is 71.9 Å². The molecule has 3 atom stereocenters. The number of H-pyrrole nitrogens is 2. The molecule has 0 bridgehead atoms. The third-order valence-electron chi connectivity index (χ3n) is 12.3. The first-order valence-corrected chi connectivity index (χ1v) is 19.1. The number of hydrogen-bond donors (Lipinski definition) is 4. The van der Waals surface area contributed by atoms with Crippen molar-refractivity contribution in [3.05, 3.63) is 95.7 Å². The summed E-state index contributed by atoms with van der Waals surface area (Å²) in [4.78, 5) is 32.2. The van der Waals surface area contributed by atoms with Gasteiger partial charge in [-0.2, -0.15) is 0 Å². The van der Waals surface area contributed by atoms with E-state index in [2.05, 4.69) is 101 Å². The first-order valence-electron chi connectivity index (χ1n) is 19.1. The molecule has 4 N–H and O–H groups in total. The van der Waals surface area contributed by atoms with Gasteiger partial charge in [0.05, 0.1) is 35.0 Å². The van der Waals surface area contributed by atoms with E-state index < -0.39 is 0 Å². The van der Waals surface area contributed by atoms with Crippen molar-refractivity contribution in [2.24, 2.45) is 11.3 Å². The first-order chi connectivity index (χ1) is 24.9. The van der Waals surface area contributed by atoms with Crippen molar-refractivity contribution in [1.82, 2.24) is 35.5 Å². The average Bonchev–Trinajstić information content (AvgIpc) is 3.99. The molecule has 3 aromatic carbocycles. The number of carbonyl (C=O) groups excluding carboxylic acids is 1. The summed E-state index contributed by atoms with van der Waals surface area (Å²) in [7, 11) is 1.86. The van der Waals surface area contributed by atoms with Gasteiger partial charge in [0.2, 0.25) is 5.91 Å². The van der Waals surface area contributed by atoms with Gasteiger partial charge in [0.25, 0.3) is 0 Å². The number of fused-ring (bicyclic) bond motifs is 2. The molecule has 262 valence electrons. The van der Waals surface area contributed by atoms with Crippen LogP contribution in [0.4, 0.5) is 0 Å². The Morgan fingerprint density at radius 2 is 1.63 bits per heavy atom. The number of nitrogens with zero attached hydrogens (tertiary/aromatic N) is 3. The van der Waals surface area contributed by atoms with Crippen molar-refractivity contribution in [3.8, 4) is 33.5 Å². The SMILES string of the molecule is CNC(C(=O)N1CC=CC1c1ncc(-c2ccc(-c3ccc(-c4ccc5nc(C6CCCN6)[nH]c5c4)c4c3CC3(CCCC3)C4)cc2)[nH]1)C(C)C. The van der Waals surface area contributed by atoms with E-state index in [9.17, 15) is 4.79 Å². The van der Waals surface area contributed by atoms with Crippen LogP contribution >= 0.6 is 0 Å². The van der Waals surface area contributed by atoms with Gasteiger partial charge in [-0.1, -0.05) is 81.3 Å². The summed E-state index contributed by atoms with van der Waals surface area (Å²) in [6.07, 6.45) is 16.0. The van der Waals surface area contributed by atoms with E-state index >= 15 is 0 Å². The molecular weight excluding hydrogens is 631 g/mol. The highest BCUT2D eigenvalue weighted by atomic mass is 16.2. The second-order valence-corrected chi connectivity index (χ2v) is 15.8. The number of amides is 1. The quantitative estimate of drug-likeness (QED) is 0.124. The maximum Gasteiger partial charge on any atom is 0.241 e. The summed E-state index contributed by atoms with van der Waals surface area (Å²) < 4.78 is 0. The summed E-state index contributed by atoms with van der Waals surface area (Å²) in [6.45, 7) is 5.82. The molecule has 1 spiro atoms. The molecule has 1 saturated carbocycles. The molecule has 4 heterocycles. The lowest BCUT2D eigenvalue weighted by Crippen LogP contribution is -2.48. The van der Waals surface area contributed by atoms with Gasteiger partial charge in [-0.3, -0.25) is 4.79 Å². The van der Waals surface area contributed by atoms with Crippen molar-refractivity contribution in [3.63, 3.8) is 0 Å². The van der Waals surface area contributed by atoms with Crippen LogP contribution in [0.5, 0.6) is 0 Å². The topological polar surface area (TPSA) is 102 Å². The second-order valence-electron chi connectivity index (χ2n) is 15.8. The van der Waals surface area contributed by atoms with Crippen LogP contribution in [-0.2, 0) is 17.6 Å². The Labute approximate surface area is 300 Å². The van der Waals surface area contributed by atoms with E-state index in [-0.39, 0.29) is 23.9 Å². The van der Waals surface area contributed by atoms with Crippen LogP contribution < -0.4 is 10.6 Å². The molecule has 2 aromatic heterocycles. The monoisotopic (exact) mass is 679 g/mol. The second kappa shape index (κ2) is 12.9. The molecular formula is C43H49N7O. The Bertz CT molecular complexity index is 2110. The lowest BCUT2D eigenvalue weighted by atomic mass is 9.82. The minimum atomic E-state index is -0.222. The standard InChI is InChI=1S/C43H49N7O/c1-26(2)39(44-3)42(51)50-21-7-9-38(50)41-46-25-37(49-41)28-12-10-27(11-13-28)30-15-16-31(33-24-43(23-32(30)33)18-4-5-19-43)29-14-17-34-36(22-29)48-40(47-34)35-8-6-20-45-35/h7,9-17,22,25-26,35,38-39,44-45H,4-6,8,18-21,23-24H2,1-3H3,(H,46,49)(H,47,48). The van der Waals surface area contributed by atoms with Gasteiger partial charge in [-0.15, -0.1) is 0 Å². The van der Waals surface area contributed by atoms with Gasteiger partial charge in [-0.05, 0) is 115 Å². The van der Waals surface area contributed by atoms with Crippen molar-refractivity contribution < 1.29 is 4.79 Å². The van der Waals surface area contributed by atoms with E-state index in [4.69, 9.17) is 9.97 Å². The highest BCUT2D eigenvalue weighted by Gasteiger charge is 2.41. The summed E-state index contributed by atoms with van der Waals surface area (Å²) in [5.41, 5.74) is 13.0. The van der Waals surface area contributed by atoms with Gasteiger partial charge >= 0.3 is 0 Å². The Kier molecular flexibility index (Phi) is 8.19. The third kappa shape index (κ3) is 5.73. The minimum Gasteiger partial charge on any atom is -0.341 e. The third-order valence-corrected chi connectivity index (χ3v) is 12.3. The van der Waals surface area contributed by atoms with Crippen molar-refractivity contribution in [1.29, 1.82) is 0 Å². The molecule has 2 aliphatic carbocycles. The van der Waals surface area contributed by atoms with Crippen LogP contribution in [0.2, 0.25) is 0 Å². The summed E-state index contributed by atoms with van der Waals surface area (Å²) in [5, 5.41) is 6.79. The smallest absolute Gasteiger partial charge is 0.241 e. The van der Waals surface area contributed by atoms with Gasteiger partial charge in [-0.25, -0.2) is 9.97 Å². The number of aromatic nitrogens is 4. The number of benzene rings is 3. The zero-order valence-corrected chi connectivity index (χ0v) is 30.1. The highest BCUT2D eigenvalue weighted by Crippen LogP contribution is 2.53. The van der Waals surface area contributed by atoms with Crippen LogP contribution in [-0.4, -0.2) is 56.9 Å². The summed E-state index contributed by atoms with van der Waals surface area (Å²) in [6, 6.07) is 20.4. The number of aromatic amines is 2. The Balaban J connectivity index is 1.00. The number of likely N-dealkylation sites (N-methyl/N-ethyl adjacent to an activating group) is 1. The Hall–Kier alpha value is -4.53. The van der Waals surface area contributed by atoms with Crippen molar-refractivity contribution in [2.75, 3.05) is 20.1 Å². The molecule has 8 nitrogen and oxygen atoms in total. The fourth-order valence-corrected chi connectivity index (χ4v) is 9.58. The first kappa shape index (κ1) is 32.4. The summed E-state index contributed by atoms with van der Waals surface area (Å²) >= 11 is 0. The maximum atomic E-state index is 13.4. The van der Waals surface area contributed by atoms with Crippen LogP contribution in [0.15, 0.2) is 72.9 Å². The van der Waals surface area contributed by atoms with Crippen LogP contribution in [0, 0.1) is 11.3 Å². The van der Waals surface area contributed by atoms with Gasteiger partial charge in [0, 0.05) is 6.54 Å². The molecule has 8 heteroatoms. The van der Waals surface area contributed by atoms with Crippen LogP contribution in [0.25, 0.3) is 44.5 Å². The van der Waals surface area contributed by atoms with Gasteiger partial charge in [0.15, 0.2) is 0 Å². The highest BCUT2D eigenvalue weighted by molar-refractivity contribution is 5.86. The van der Waals surface area contributed by atoms with Crippen molar-refractivity contribution in [2.45, 2.75) is 83.3 Å². The van der Waals surface area contributed by atoms with Gasteiger partial charge < -0.3 is 25.5 Å². The lowest BCUT2D eigenvalue weighted by Gasteiger charge is -2.29. The zero-order chi connectivity index (χ0) is 34.7. The predicted octanol–water partition coefficient (Wildman–Crippen LogP) is 8.05. The van der Waals surface area contributed by atoms with E-state index in [0.29, 0.717) is 18.0 Å². The molecule has 1 saturated heterocycles. The zero-order valence-electron chi connectivity index (χ0n) is 30.1. The fourth-order valence-electron chi connectivity index (χ4n) is 9.58. The van der Waals surface area contributed by atoms with Crippen LogP contribution in [0.3, 0.4) is 0 Å². The lowest BCUT2D eigenvalue weighted by molar-refractivity contribution is -0.135. The number of carbonyl (C=O) groups is 1. The number of rotatable bonds is 8. The van der Waals surface area contributed by atoms with Crippen molar-refractivity contribution >= 4 is 16.9 Å². The maximum absolute atomic E-state index is 13.4. The minimum absolute atomic E-state index is 0.107. The number of hydrogen-bond acceptors (Lipinski definition) is 5. The molecule has 9 rings (SSSR count). The Morgan fingerprint density at radius 1 is 0.902 bits per heavy atom. The van der Waals surface area contributed by atoms with Gasteiger partial charge in [0.1, 0.15) is 17.7 Å². The molecule has 5 aromatic rings. The van der Waals surface area contributed by atoms with E-state index in [1.807, 2.05) is 18.1 Å². The molecule has 2 aliphatic heterocycles. The van der Waals surface area contributed by atoms with Crippen LogP contribution in [0.1, 0.15) is 87.2 Å². The number of imidazole rings is 2. The largest absolute Gasteiger partial charge is 0.341 e. The van der Waals surface area contributed by atoms with E-state index in [1.54, 1.807) is 0 Å². The molecule has 51 heavy (non-hydrogen) atoms. The molecule has 4 aliphatic rings. The average molecular weight is 680 g/mol. The normalized spacial score (nSPS) is 21.5. The molecule has 1 amide bonds. The fraction of sp³-hybridized carbons (Fsp3) is 0.419. The Morgan fingerprint density at radius 3 is 2.33 bits per heavy atom. The molecule has 0 radical (unpaired) electrons. The predicted molar refractivity (Wildman–Crippen MR) is 204 cm³/mol.